The molecule has 2 bridgehead atoms. The molecule has 0 N–H and O–H groups in total. The molecule has 1 aliphatic heterocycles. The van der Waals surface area contributed by atoms with Crippen LogP contribution in [0.4, 0.5) is 0 Å². The summed E-state index contributed by atoms with van der Waals surface area (Å²) in [7, 11) is 0. The van der Waals surface area contributed by atoms with Gasteiger partial charge in [0.1, 0.15) is 12.2 Å². The van der Waals surface area contributed by atoms with Gasteiger partial charge in [-0.05, 0) is 32.0 Å². The summed E-state index contributed by atoms with van der Waals surface area (Å²) in [4.78, 5) is 23.3. The minimum atomic E-state index is -0.806. The van der Waals surface area contributed by atoms with E-state index in [9.17, 15) is 9.59 Å². The first-order valence-corrected chi connectivity index (χ1v) is 4.98. The number of hydrogen-bond donors (Lipinski definition) is 0. The van der Waals surface area contributed by atoms with Crippen LogP contribution in [0.1, 0.15) is 34.6 Å². The van der Waals surface area contributed by atoms with Crippen LogP contribution in [0.25, 0.3) is 0 Å². The van der Waals surface area contributed by atoms with E-state index in [-0.39, 0.29) is 6.61 Å². The summed E-state index contributed by atoms with van der Waals surface area (Å²) in [6.45, 7) is 3.45. The Kier molecular flexibility index (Phi) is 2.42. The summed E-state index contributed by atoms with van der Waals surface area (Å²) in [6, 6.07) is 6.33. The predicted octanol–water partition coefficient (Wildman–Crippen LogP) is 1.79. The first-order valence-electron chi connectivity index (χ1n) is 4.98. The number of carbonyl (C=O) groups is 2. The van der Waals surface area contributed by atoms with Crippen molar-refractivity contribution in [2.75, 3.05) is 6.61 Å². The molecule has 0 unspecified atom stereocenters. The molecule has 84 valence electrons. The van der Waals surface area contributed by atoms with Gasteiger partial charge in [0.15, 0.2) is 0 Å². The van der Waals surface area contributed by atoms with E-state index in [1.54, 1.807) is 32.0 Å². The minimum absolute atomic E-state index is 0.0516. The molecule has 0 atom stereocenters. The van der Waals surface area contributed by atoms with Crippen LogP contribution in [0.3, 0.4) is 0 Å². The standard InChI is InChI=1S/C12H12O4/c1-12(2)7-15-10(13)8-4-3-5-9(6-8)11(14)16-12/h3-6H,7H2,1-2H3. The minimum Gasteiger partial charge on any atom is -0.458 e. The third-order valence-electron chi connectivity index (χ3n) is 2.25. The Morgan fingerprint density at radius 1 is 1.12 bits per heavy atom. The molecule has 1 aliphatic rings. The SMILES string of the molecule is CC1(C)COC(=O)c2cccc(c2)C(=O)O1. The van der Waals surface area contributed by atoms with Gasteiger partial charge >= 0.3 is 11.9 Å². The van der Waals surface area contributed by atoms with E-state index in [4.69, 9.17) is 9.47 Å². The molecular formula is C12H12O4. The number of rotatable bonds is 0. The van der Waals surface area contributed by atoms with Crippen molar-refractivity contribution in [3.8, 4) is 0 Å². The molecule has 1 aromatic carbocycles. The van der Waals surface area contributed by atoms with Gasteiger partial charge in [0.05, 0.1) is 11.1 Å². The van der Waals surface area contributed by atoms with E-state index < -0.39 is 17.5 Å². The fraction of sp³-hybridized carbons (Fsp3) is 0.333. The highest BCUT2D eigenvalue weighted by molar-refractivity contribution is 5.95. The van der Waals surface area contributed by atoms with Crippen LogP contribution in [0.15, 0.2) is 24.3 Å². The summed E-state index contributed by atoms with van der Waals surface area (Å²) in [5.74, 6) is -0.877. The van der Waals surface area contributed by atoms with E-state index in [0.29, 0.717) is 11.1 Å². The molecule has 0 fully saturated rings. The van der Waals surface area contributed by atoms with Gasteiger partial charge in [0.2, 0.25) is 0 Å². The monoisotopic (exact) mass is 220 g/mol. The Morgan fingerprint density at radius 2 is 1.75 bits per heavy atom. The smallest absolute Gasteiger partial charge is 0.338 e. The first-order chi connectivity index (χ1) is 7.48. The number of hydrogen-bond acceptors (Lipinski definition) is 4. The van der Waals surface area contributed by atoms with Gasteiger partial charge in [-0.3, -0.25) is 0 Å². The highest BCUT2D eigenvalue weighted by Gasteiger charge is 2.28. The number of carbonyl (C=O) groups excluding carboxylic acids is 2. The summed E-state index contributed by atoms with van der Waals surface area (Å²) >= 11 is 0. The average Bonchev–Trinajstić information content (AvgIpc) is 2.27. The highest BCUT2D eigenvalue weighted by Crippen LogP contribution is 2.18. The van der Waals surface area contributed by atoms with Crippen molar-refractivity contribution < 1.29 is 19.1 Å². The molecule has 0 aromatic heterocycles. The van der Waals surface area contributed by atoms with E-state index in [0.717, 1.165) is 0 Å². The van der Waals surface area contributed by atoms with Crippen LogP contribution in [0.2, 0.25) is 0 Å². The Bertz CT molecular complexity index is 448. The molecule has 4 nitrogen and oxygen atoms in total. The second-order valence-corrected chi connectivity index (χ2v) is 4.31. The molecule has 16 heavy (non-hydrogen) atoms. The van der Waals surface area contributed by atoms with Gasteiger partial charge in [-0.25, -0.2) is 9.59 Å². The predicted molar refractivity (Wildman–Crippen MR) is 56.2 cm³/mol. The van der Waals surface area contributed by atoms with E-state index in [1.165, 1.54) is 6.07 Å². The van der Waals surface area contributed by atoms with Crippen LogP contribution < -0.4 is 0 Å². The lowest BCUT2D eigenvalue weighted by Crippen LogP contribution is -2.33. The molecule has 0 amide bonds. The van der Waals surface area contributed by atoms with Crippen molar-refractivity contribution in [3.63, 3.8) is 0 Å². The molecule has 2 rings (SSSR count). The zero-order valence-electron chi connectivity index (χ0n) is 9.15. The fourth-order valence-electron chi connectivity index (χ4n) is 1.44. The molecular weight excluding hydrogens is 208 g/mol. The maximum atomic E-state index is 11.7. The summed E-state index contributed by atoms with van der Waals surface area (Å²) < 4.78 is 10.3. The van der Waals surface area contributed by atoms with Crippen molar-refractivity contribution in [3.05, 3.63) is 35.4 Å². The van der Waals surface area contributed by atoms with E-state index in [2.05, 4.69) is 0 Å². The van der Waals surface area contributed by atoms with E-state index >= 15 is 0 Å². The Labute approximate surface area is 93.2 Å². The number of esters is 2. The van der Waals surface area contributed by atoms with Crippen molar-refractivity contribution in [1.82, 2.24) is 0 Å². The van der Waals surface area contributed by atoms with Crippen LogP contribution >= 0.6 is 0 Å². The van der Waals surface area contributed by atoms with Gasteiger partial charge < -0.3 is 9.47 Å². The second kappa shape index (κ2) is 3.63. The quantitative estimate of drug-likeness (QED) is 0.625. The number of cyclic esters (lactones) is 2. The second-order valence-electron chi connectivity index (χ2n) is 4.31. The fourth-order valence-corrected chi connectivity index (χ4v) is 1.44. The lowest BCUT2D eigenvalue weighted by Gasteiger charge is -2.23. The van der Waals surface area contributed by atoms with Gasteiger partial charge in [-0.15, -0.1) is 0 Å². The maximum Gasteiger partial charge on any atom is 0.338 e. The highest BCUT2D eigenvalue weighted by atomic mass is 16.6. The molecule has 0 saturated carbocycles. The Hall–Kier alpha value is -1.84. The molecule has 0 spiro atoms. The van der Waals surface area contributed by atoms with Gasteiger partial charge in [-0.1, -0.05) is 6.07 Å². The zero-order valence-corrected chi connectivity index (χ0v) is 9.15. The number of fused-ring (bicyclic) bond motifs is 2. The molecule has 0 aliphatic carbocycles. The van der Waals surface area contributed by atoms with Crippen LogP contribution in [-0.4, -0.2) is 24.1 Å². The van der Waals surface area contributed by atoms with E-state index in [1.807, 2.05) is 0 Å². The van der Waals surface area contributed by atoms with Crippen molar-refractivity contribution in [1.29, 1.82) is 0 Å². The largest absolute Gasteiger partial charge is 0.458 e. The number of benzene rings is 1. The topological polar surface area (TPSA) is 52.6 Å². The Morgan fingerprint density at radius 3 is 2.44 bits per heavy atom. The summed E-state index contributed by atoms with van der Waals surface area (Å²) in [5, 5.41) is 0. The summed E-state index contributed by atoms with van der Waals surface area (Å²) in [6.07, 6.45) is 0. The molecule has 0 radical (unpaired) electrons. The Balaban J connectivity index is 2.44. The third-order valence-corrected chi connectivity index (χ3v) is 2.25. The molecule has 4 heteroatoms. The molecule has 1 aromatic rings. The summed E-state index contributed by atoms with van der Waals surface area (Å²) in [5.41, 5.74) is -0.0731. The lowest BCUT2D eigenvalue weighted by atomic mass is 10.1. The van der Waals surface area contributed by atoms with Gasteiger partial charge in [0, 0.05) is 0 Å². The maximum absolute atomic E-state index is 11.7. The van der Waals surface area contributed by atoms with Crippen molar-refractivity contribution >= 4 is 11.9 Å². The number of ether oxygens (including phenoxy) is 2. The van der Waals surface area contributed by atoms with Crippen molar-refractivity contribution in [2.45, 2.75) is 19.4 Å². The van der Waals surface area contributed by atoms with Crippen LogP contribution in [-0.2, 0) is 9.47 Å². The van der Waals surface area contributed by atoms with Gasteiger partial charge in [-0.2, -0.15) is 0 Å². The van der Waals surface area contributed by atoms with Gasteiger partial charge in [0.25, 0.3) is 0 Å². The zero-order chi connectivity index (χ0) is 11.8. The normalized spacial score (nSPS) is 18.9. The molecule has 1 heterocycles. The van der Waals surface area contributed by atoms with Crippen molar-refractivity contribution in [2.24, 2.45) is 0 Å². The van der Waals surface area contributed by atoms with Crippen LogP contribution in [0, 0.1) is 0 Å². The third kappa shape index (κ3) is 2.05. The average molecular weight is 220 g/mol. The lowest BCUT2D eigenvalue weighted by molar-refractivity contribution is -0.0361. The first kappa shape index (κ1) is 10.7. The molecule has 0 saturated heterocycles. The van der Waals surface area contributed by atoms with Crippen LogP contribution in [0.5, 0.6) is 0 Å².